The molecule has 3 aliphatic rings. The SMILES string of the molecule is CC1(C)CCCNC1CNC(=O)C1CC2C=CC1C2. The third-order valence-corrected chi connectivity index (χ3v) is 5.43. The number of piperidine rings is 1. The van der Waals surface area contributed by atoms with E-state index < -0.39 is 0 Å². The molecule has 3 heteroatoms. The van der Waals surface area contributed by atoms with Crippen molar-refractivity contribution in [3.63, 3.8) is 0 Å². The summed E-state index contributed by atoms with van der Waals surface area (Å²) in [5.41, 5.74) is 0.292. The zero-order chi connectivity index (χ0) is 13.5. The predicted molar refractivity (Wildman–Crippen MR) is 76.7 cm³/mol. The highest BCUT2D eigenvalue weighted by molar-refractivity contribution is 5.80. The van der Waals surface area contributed by atoms with Crippen LogP contribution in [-0.2, 0) is 4.79 Å². The standard InChI is InChI=1S/C16H26N2O/c1-16(2)6-3-7-17-14(16)10-18-15(19)13-9-11-4-5-12(13)8-11/h4-5,11-14,17H,3,6-10H2,1-2H3,(H,18,19). The summed E-state index contributed by atoms with van der Waals surface area (Å²) in [6.07, 6.45) is 9.30. The maximum absolute atomic E-state index is 12.3. The normalized spacial score (nSPS) is 39.5. The van der Waals surface area contributed by atoms with E-state index in [-0.39, 0.29) is 11.8 Å². The summed E-state index contributed by atoms with van der Waals surface area (Å²) >= 11 is 0. The second kappa shape index (κ2) is 4.93. The summed E-state index contributed by atoms with van der Waals surface area (Å²) in [4.78, 5) is 12.3. The lowest BCUT2D eigenvalue weighted by Crippen LogP contribution is -2.53. The highest BCUT2D eigenvalue weighted by atomic mass is 16.1. The molecule has 1 aliphatic heterocycles. The molecule has 1 saturated carbocycles. The van der Waals surface area contributed by atoms with Gasteiger partial charge in [-0.25, -0.2) is 0 Å². The molecule has 19 heavy (non-hydrogen) atoms. The van der Waals surface area contributed by atoms with Gasteiger partial charge in [0.1, 0.15) is 0 Å². The predicted octanol–water partition coefficient (Wildman–Crippen LogP) is 2.09. The summed E-state index contributed by atoms with van der Waals surface area (Å²) < 4.78 is 0. The Balaban J connectivity index is 1.52. The molecule has 1 saturated heterocycles. The number of hydrogen-bond acceptors (Lipinski definition) is 2. The highest BCUT2D eigenvalue weighted by Crippen LogP contribution is 2.43. The third kappa shape index (κ3) is 2.58. The molecule has 4 unspecified atom stereocenters. The van der Waals surface area contributed by atoms with E-state index in [1.54, 1.807) is 0 Å². The van der Waals surface area contributed by atoms with Gasteiger partial charge in [0, 0.05) is 18.5 Å². The number of amides is 1. The average Bonchev–Trinajstić information content (AvgIpc) is 2.99. The monoisotopic (exact) mass is 262 g/mol. The van der Waals surface area contributed by atoms with E-state index in [0.717, 1.165) is 19.5 Å². The van der Waals surface area contributed by atoms with Crippen LogP contribution < -0.4 is 10.6 Å². The Morgan fingerprint density at radius 3 is 2.84 bits per heavy atom. The van der Waals surface area contributed by atoms with Crippen LogP contribution in [0.25, 0.3) is 0 Å². The molecule has 0 aromatic rings. The maximum atomic E-state index is 12.3. The molecule has 2 fully saturated rings. The van der Waals surface area contributed by atoms with Crippen molar-refractivity contribution in [2.75, 3.05) is 13.1 Å². The summed E-state index contributed by atoms with van der Waals surface area (Å²) in [7, 11) is 0. The van der Waals surface area contributed by atoms with Gasteiger partial charge in [-0.3, -0.25) is 4.79 Å². The Bertz CT molecular complexity index is 388. The first-order valence-electron chi connectivity index (χ1n) is 7.76. The van der Waals surface area contributed by atoms with Crippen molar-refractivity contribution in [2.45, 2.75) is 45.6 Å². The number of allylic oxidation sites excluding steroid dienone is 2. The lowest BCUT2D eigenvalue weighted by molar-refractivity contribution is -0.126. The molecule has 4 atom stereocenters. The van der Waals surface area contributed by atoms with Gasteiger partial charge in [-0.15, -0.1) is 0 Å². The lowest BCUT2D eigenvalue weighted by atomic mass is 9.77. The van der Waals surface area contributed by atoms with Crippen molar-refractivity contribution in [3.8, 4) is 0 Å². The molecule has 1 heterocycles. The molecule has 106 valence electrons. The molecule has 2 bridgehead atoms. The van der Waals surface area contributed by atoms with Crippen molar-refractivity contribution in [2.24, 2.45) is 23.2 Å². The minimum Gasteiger partial charge on any atom is -0.354 e. The molecule has 0 radical (unpaired) electrons. The van der Waals surface area contributed by atoms with Crippen LogP contribution >= 0.6 is 0 Å². The molecule has 0 spiro atoms. The fourth-order valence-electron chi connectivity index (χ4n) is 4.04. The Hall–Kier alpha value is -0.830. The first-order chi connectivity index (χ1) is 9.06. The second-order valence-electron chi connectivity index (χ2n) is 7.23. The second-order valence-corrected chi connectivity index (χ2v) is 7.23. The number of carbonyl (C=O) groups is 1. The number of carbonyl (C=O) groups excluding carboxylic acids is 1. The van der Waals surface area contributed by atoms with Crippen LogP contribution in [0.1, 0.15) is 39.5 Å². The van der Waals surface area contributed by atoms with Crippen LogP contribution in [0.5, 0.6) is 0 Å². The van der Waals surface area contributed by atoms with E-state index in [1.165, 1.54) is 19.3 Å². The smallest absolute Gasteiger partial charge is 0.223 e. The van der Waals surface area contributed by atoms with Crippen LogP contribution in [0, 0.1) is 23.2 Å². The lowest BCUT2D eigenvalue weighted by Gasteiger charge is -2.39. The Labute approximate surface area is 116 Å². The van der Waals surface area contributed by atoms with Crippen LogP contribution in [0.3, 0.4) is 0 Å². The number of hydrogen-bond donors (Lipinski definition) is 2. The first kappa shape index (κ1) is 13.2. The quantitative estimate of drug-likeness (QED) is 0.765. The van der Waals surface area contributed by atoms with E-state index in [9.17, 15) is 4.79 Å². The van der Waals surface area contributed by atoms with Crippen LogP contribution in [0.4, 0.5) is 0 Å². The van der Waals surface area contributed by atoms with Gasteiger partial charge in [-0.05, 0) is 49.5 Å². The van der Waals surface area contributed by atoms with Crippen molar-refractivity contribution in [1.82, 2.24) is 10.6 Å². The highest BCUT2D eigenvalue weighted by Gasteiger charge is 2.40. The molecule has 2 aliphatic carbocycles. The minimum atomic E-state index is 0.238. The Kier molecular flexibility index (Phi) is 3.42. The molecule has 1 amide bonds. The van der Waals surface area contributed by atoms with Crippen molar-refractivity contribution in [3.05, 3.63) is 12.2 Å². The maximum Gasteiger partial charge on any atom is 0.223 e. The molecule has 0 aromatic carbocycles. The fourth-order valence-corrected chi connectivity index (χ4v) is 4.04. The van der Waals surface area contributed by atoms with E-state index in [2.05, 4.69) is 36.6 Å². The molecule has 0 aromatic heterocycles. The zero-order valence-electron chi connectivity index (χ0n) is 12.1. The van der Waals surface area contributed by atoms with Gasteiger partial charge in [0.15, 0.2) is 0 Å². The van der Waals surface area contributed by atoms with Gasteiger partial charge < -0.3 is 10.6 Å². The van der Waals surface area contributed by atoms with E-state index in [0.29, 0.717) is 23.3 Å². The first-order valence-corrected chi connectivity index (χ1v) is 7.76. The van der Waals surface area contributed by atoms with Crippen molar-refractivity contribution in [1.29, 1.82) is 0 Å². The summed E-state index contributed by atoms with van der Waals surface area (Å²) in [6.45, 7) is 6.47. The topological polar surface area (TPSA) is 41.1 Å². The molecule has 2 N–H and O–H groups in total. The van der Waals surface area contributed by atoms with Crippen LogP contribution in [0.15, 0.2) is 12.2 Å². The van der Waals surface area contributed by atoms with Crippen molar-refractivity contribution >= 4 is 5.91 Å². The number of fused-ring (bicyclic) bond motifs is 2. The largest absolute Gasteiger partial charge is 0.354 e. The summed E-state index contributed by atoms with van der Waals surface area (Å²) in [5.74, 6) is 1.70. The van der Waals surface area contributed by atoms with E-state index in [1.807, 2.05) is 0 Å². The molecular weight excluding hydrogens is 236 g/mol. The summed E-state index contributed by atoms with van der Waals surface area (Å²) in [6, 6.07) is 0.416. The van der Waals surface area contributed by atoms with Gasteiger partial charge >= 0.3 is 0 Å². The molecular formula is C16H26N2O. The molecule has 3 rings (SSSR count). The molecule has 3 nitrogen and oxygen atoms in total. The number of rotatable bonds is 3. The number of nitrogens with one attached hydrogen (secondary N) is 2. The van der Waals surface area contributed by atoms with Gasteiger partial charge in [-0.2, -0.15) is 0 Å². The average molecular weight is 262 g/mol. The van der Waals surface area contributed by atoms with Gasteiger partial charge in [-0.1, -0.05) is 26.0 Å². The van der Waals surface area contributed by atoms with Crippen molar-refractivity contribution < 1.29 is 4.79 Å². The van der Waals surface area contributed by atoms with E-state index >= 15 is 0 Å². The Morgan fingerprint density at radius 1 is 1.37 bits per heavy atom. The summed E-state index contributed by atoms with van der Waals surface area (Å²) in [5, 5.41) is 6.76. The minimum absolute atomic E-state index is 0.238. The zero-order valence-corrected chi connectivity index (χ0v) is 12.1. The van der Waals surface area contributed by atoms with Gasteiger partial charge in [0.2, 0.25) is 5.91 Å². The van der Waals surface area contributed by atoms with Crippen LogP contribution in [-0.4, -0.2) is 25.0 Å². The van der Waals surface area contributed by atoms with E-state index in [4.69, 9.17) is 0 Å². The van der Waals surface area contributed by atoms with Crippen LogP contribution in [0.2, 0.25) is 0 Å². The van der Waals surface area contributed by atoms with Gasteiger partial charge in [0.25, 0.3) is 0 Å². The van der Waals surface area contributed by atoms with Gasteiger partial charge in [0.05, 0.1) is 0 Å². The third-order valence-electron chi connectivity index (χ3n) is 5.43. The fraction of sp³-hybridized carbons (Fsp3) is 0.812. The Morgan fingerprint density at radius 2 is 2.21 bits per heavy atom.